The Morgan fingerprint density at radius 3 is 2.62 bits per heavy atom. The molecule has 0 bridgehead atoms. The monoisotopic (exact) mass is 412 g/mol. The van der Waals surface area contributed by atoms with Gasteiger partial charge in [-0.15, -0.1) is 0 Å². The number of aryl methyl sites for hydroxylation is 1. The van der Waals surface area contributed by atoms with E-state index in [0.29, 0.717) is 28.2 Å². The van der Waals surface area contributed by atoms with Crippen molar-refractivity contribution >= 4 is 40.6 Å². The van der Waals surface area contributed by atoms with Crippen LogP contribution in [-0.2, 0) is 9.59 Å². The molecule has 0 atom stereocenters. The van der Waals surface area contributed by atoms with Crippen molar-refractivity contribution in [3.63, 3.8) is 0 Å². The van der Waals surface area contributed by atoms with E-state index in [9.17, 15) is 9.59 Å². The lowest BCUT2D eigenvalue weighted by Crippen LogP contribution is -2.19. The highest BCUT2D eigenvalue weighted by Crippen LogP contribution is 2.32. The van der Waals surface area contributed by atoms with E-state index in [2.05, 4.69) is 10.3 Å². The summed E-state index contributed by atoms with van der Waals surface area (Å²) in [5, 5.41) is 12.0. The summed E-state index contributed by atoms with van der Waals surface area (Å²) >= 11 is 1.25. The molecule has 1 amide bonds. The number of hydrogen-bond acceptors (Lipinski definition) is 6. The molecule has 2 N–H and O–H groups in total. The number of carbonyl (C=O) groups is 2. The quantitative estimate of drug-likeness (QED) is 0.673. The van der Waals surface area contributed by atoms with Crippen LogP contribution < -0.4 is 14.8 Å². The van der Waals surface area contributed by atoms with E-state index in [4.69, 9.17) is 14.6 Å². The molecule has 7 nitrogen and oxygen atoms in total. The number of amides is 1. The van der Waals surface area contributed by atoms with Crippen molar-refractivity contribution in [2.75, 3.05) is 13.2 Å². The van der Waals surface area contributed by atoms with Crippen molar-refractivity contribution in [2.24, 2.45) is 4.99 Å². The third-order valence-corrected chi connectivity index (χ3v) is 4.74. The van der Waals surface area contributed by atoms with Crippen LogP contribution in [0.5, 0.6) is 11.5 Å². The van der Waals surface area contributed by atoms with Crippen LogP contribution in [0.3, 0.4) is 0 Å². The predicted octanol–water partition coefficient (Wildman–Crippen LogP) is 3.75. The zero-order valence-electron chi connectivity index (χ0n) is 16.0. The van der Waals surface area contributed by atoms with Gasteiger partial charge >= 0.3 is 5.97 Å². The van der Waals surface area contributed by atoms with E-state index in [0.717, 1.165) is 16.8 Å². The number of aliphatic carboxylic acids is 1. The lowest BCUT2D eigenvalue weighted by Gasteiger charge is -2.11. The van der Waals surface area contributed by atoms with Gasteiger partial charge in [0.15, 0.2) is 23.3 Å². The standard InChI is InChI=1S/C21H20N2O5S/c1-3-27-17-10-14(6-9-16(17)28-12-19(24)25)11-18-20(26)23-21(29-18)22-15-7-4-13(2)5-8-15/h4-11H,3,12H2,1-2H3,(H,24,25)(H,22,23,26)/b18-11+. The molecule has 0 aromatic heterocycles. The topological polar surface area (TPSA) is 97.2 Å². The summed E-state index contributed by atoms with van der Waals surface area (Å²) in [4.78, 5) is 28.0. The Morgan fingerprint density at radius 2 is 1.93 bits per heavy atom. The maximum absolute atomic E-state index is 12.3. The summed E-state index contributed by atoms with van der Waals surface area (Å²) < 4.78 is 10.8. The maximum atomic E-state index is 12.3. The first-order valence-corrected chi connectivity index (χ1v) is 9.74. The van der Waals surface area contributed by atoms with Gasteiger partial charge in [-0.2, -0.15) is 0 Å². The molecule has 1 aliphatic heterocycles. The van der Waals surface area contributed by atoms with Crippen molar-refractivity contribution in [3.8, 4) is 11.5 Å². The van der Waals surface area contributed by atoms with Gasteiger partial charge in [-0.25, -0.2) is 9.79 Å². The zero-order valence-corrected chi connectivity index (χ0v) is 16.8. The molecule has 2 aromatic rings. The molecule has 1 heterocycles. The smallest absolute Gasteiger partial charge is 0.341 e. The highest BCUT2D eigenvalue weighted by Gasteiger charge is 2.24. The molecule has 0 spiro atoms. The molecule has 0 aliphatic carbocycles. The van der Waals surface area contributed by atoms with Crippen molar-refractivity contribution < 1.29 is 24.2 Å². The third-order valence-electron chi connectivity index (χ3n) is 3.83. The molecule has 150 valence electrons. The van der Waals surface area contributed by atoms with Crippen LogP contribution in [0.4, 0.5) is 5.69 Å². The number of nitrogens with one attached hydrogen (secondary N) is 1. The van der Waals surface area contributed by atoms with Gasteiger partial charge < -0.3 is 19.9 Å². The minimum Gasteiger partial charge on any atom is -0.490 e. The van der Waals surface area contributed by atoms with E-state index in [1.807, 2.05) is 38.1 Å². The Hall–Kier alpha value is -3.26. The van der Waals surface area contributed by atoms with Crippen molar-refractivity contribution in [1.29, 1.82) is 0 Å². The summed E-state index contributed by atoms with van der Waals surface area (Å²) in [5.41, 5.74) is 2.63. The van der Waals surface area contributed by atoms with Gasteiger partial charge in [0.25, 0.3) is 5.91 Å². The SMILES string of the molecule is CCOc1cc(/C=C2/SC(=Nc3ccc(C)cc3)NC2=O)ccc1OCC(=O)O. The van der Waals surface area contributed by atoms with E-state index >= 15 is 0 Å². The Labute approximate surface area is 172 Å². The molecule has 1 aliphatic rings. The Bertz CT molecular complexity index is 983. The van der Waals surface area contributed by atoms with E-state index in [-0.39, 0.29) is 5.91 Å². The second kappa shape index (κ2) is 9.29. The van der Waals surface area contributed by atoms with Crippen LogP contribution in [0, 0.1) is 6.92 Å². The third kappa shape index (κ3) is 5.61. The van der Waals surface area contributed by atoms with Crippen LogP contribution >= 0.6 is 11.8 Å². The lowest BCUT2D eigenvalue weighted by molar-refractivity contribution is -0.139. The van der Waals surface area contributed by atoms with Gasteiger partial charge in [-0.1, -0.05) is 23.8 Å². The average molecular weight is 412 g/mol. The fourth-order valence-electron chi connectivity index (χ4n) is 2.51. The number of rotatable bonds is 7. The summed E-state index contributed by atoms with van der Waals surface area (Å²) in [7, 11) is 0. The number of hydrogen-bond donors (Lipinski definition) is 2. The van der Waals surface area contributed by atoms with Crippen molar-refractivity contribution in [2.45, 2.75) is 13.8 Å². The van der Waals surface area contributed by atoms with Gasteiger partial charge in [-0.3, -0.25) is 4.79 Å². The number of thioether (sulfide) groups is 1. The molecule has 0 saturated carbocycles. The van der Waals surface area contributed by atoms with Crippen LogP contribution in [0.1, 0.15) is 18.1 Å². The molecule has 3 rings (SSSR count). The van der Waals surface area contributed by atoms with E-state index < -0.39 is 12.6 Å². The van der Waals surface area contributed by atoms with Crippen LogP contribution in [0.2, 0.25) is 0 Å². The molecule has 0 unspecified atom stereocenters. The zero-order chi connectivity index (χ0) is 20.8. The van der Waals surface area contributed by atoms with Crippen LogP contribution in [0.15, 0.2) is 52.4 Å². The molecule has 0 radical (unpaired) electrons. The van der Waals surface area contributed by atoms with Gasteiger partial charge in [0, 0.05) is 0 Å². The van der Waals surface area contributed by atoms with Gasteiger partial charge in [0.2, 0.25) is 0 Å². The second-order valence-corrected chi connectivity index (χ2v) is 7.17. The number of carboxylic acid groups (broad SMARTS) is 1. The van der Waals surface area contributed by atoms with Gasteiger partial charge in [-0.05, 0) is 61.5 Å². The Balaban J connectivity index is 1.79. The fraction of sp³-hybridized carbons (Fsp3) is 0.190. The maximum Gasteiger partial charge on any atom is 0.341 e. The number of ether oxygens (including phenoxy) is 2. The molecule has 29 heavy (non-hydrogen) atoms. The van der Waals surface area contributed by atoms with Crippen LogP contribution in [-0.4, -0.2) is 35.4 Å². The summed E-state index contributed by atoms with van der Waals surface area (Å²) in [6.45, 7) is 3.75. The number of carboxylic acids is 1. The number of carbonyl (C=O) groups excluding carboxylic acids is 1. The first-order valence-electron chi connectivity index (χ1n) is 8.92. The Kier molecular flexibility index (Phi) is 6.56. The van der Waals surface area contributed by atoms with E-state index in [1.165, 1.54) is 11.8 Å². The number of benzene rings is 2. The number of nitrogens with zero attached hydrogens (tertiary/aromatic N) is 1. The summed E-state index contributed by atoms with van der Waals surface area (Å²) in [5.74, 6) is -0.551. The van der Waals surface area contributed by atoms with E-state index in [1.54, 1.807) is 24.3 Å². The lowest BCUT2D eigenvalue weighted by atomic mass is 10.2. The highest BCUT2D eigenvalue weighted by atomic mass is 32.2. The van der Waals surface area contributed by atoms with Gasteiger partial charge in [0.1, 0.15) is 0 Å². The largest absolute Gasteiger partial charge is 0.490 e. The molecular formula is C21H20N2O5S. The minimum atomic E-state index is -1.07. The van der Waals surface area contributed by atoms with Gasteiger partial charge in [0.05, 0.1) is 17.2 Å². The fourth-order valence-corrected chi connectivity index (χ4v) is 3.35. The first-order chi connectivity index (χ1) is 13.9. The molecule has 1 fully saturated rings. The average Bonchev–Trinajstić information content (AvgIpc) is 3.02. The summed E-state index contributed by atoms with van der Waals surface area (Å²) in [6.07, 6.45) is 1.72. The molecule has 1 saturated heterocycles. The number of amidine groups is 1. The first kappa shape index (κ1) is 20.5. The highest BCUT2D eigenvalue weighted by molar-refractivity contribution is 8.18. The summed E-state index contributed by atoms with van der Waals surface area (Å²) in [6, 6.07) is 12.8. The van der Waals surface area contributed by atoms with Crippen LogP contribution in [0.25, 0.3) is 6.08 Å². The predicted molar refractivity (Wildman–Crippen MR) is 113 cm³/mol. The number of aliphatic imine (C=N–C) groups is 1. The molecule has 8 heteroatoms. The Morgan fingerprint density at radius 1 is 1.17 bits per heavy atom. The minimum absolute atomic E-state index is 0.231. The normalized spacial score (nSPS) is 16.1. The molecule has 2 aromatic carbocycles. The second-order valence-electron chi connectivity index (χ2n) is 6.14. The van der Waals surface area contributed by atoms with Crippen molar-refractivity contribution in [1.82, 2.24) is 5.32 Å². The van der Waals surface area contributed by atoms with Crippen molar-refractivity contribution in [3.05, 3.63) is 58.5 Å². The molecular weight excluding hydrogens is 392 g/mol.